The van der Waals surface area contributed by atoms with Crippen molar-refractivity contribution in [3.8, 4) is 0 Å². The van der Waals surface area contributed by atoms with Crippen molar-refractivity contribution in [2.24, 2.45) is 17.3 Å². The molecule has 0 unspecified atom stereocenters. The van der Waals surface area contributed by atoms with Crippen molar-refractivity contribution >= 4 is 5.91 Å². The molecule has 0 aromatic heterocycles. The lowest BCUT2D eigenvalue weighted by atomic mass is 9.68. The zero-order chi connectivity index (χ0) is 16.4. The minimum absolute atomic E-state index is 0.113. The quantitative estimate of drug-likeness (QED) is 0.789. The number of hydrogen-bond donors (Lipinski definition) is 1. The van der Waals surface area contributed by atoms with Gasteiger partial charge in [-0.25, -0.2) is 0 Å². The lowest BCUT2D eigenvalue weighted by molar-refractivity contribution is -0.151. The summed E-state index contributed by atoms with van der Waals surface area (Å²) in [4.78, 5) is 15.0. The summed E-state index contributed by atoms with van der Waals surface area (Å²) in [7, 11) is 0. The van der Waals surface area contributed by atoms with Crippen LogP contribution in [0.15, 0.2) is 12.2 Å². The number of rotatable bonds is 2. The van der Waals surface area contributed by atoms with Gasteiger partial charge in [-0.1, -0.05) is 32.9 Å². The van der Waals surface area contributed by atoms with Gasteiger partial charge in [0.15, 0.2) is 0 Å². The molecule has 22 heavy (non-hydrogen) atoms. The molecule has 1 saturated heterocycles. The second kappa shape index (κ2) is 6.74. The Balaban J connectivity index is 2.19. The van der Waals surface area contributed by atoms with Crippen molar-refractivity contribution in [3.05, 3.63) is 12.2 Å². The van der Waals surface area contributed by atoms with E-state index in [0.717, 1.165) is 45.2 Å². The van der Waals surface area contributed by atoms with Crippen molar-refractivity contribution < 1.29 is 9.90 Å². The Morgan fingerprint density at radius 3 is 2.41 bits per heavy atom. The van der Waals surface area contributed by atoms with Crippen molar-refractivity contribution in [2.45, 2.75) is 71.8 Å². The van der Waals surface area contributed by atoms with Crippen LogP contribution in [-0.2, 0) is 4.79 Å². The summed E-state index contributed by atoms with van der Waals surface area (Å²) in [5.41, 5.74) is -0.762. The van der Waals surface area contributed by atoms with Crippen LogP contribution in [0.3, 0.4) is 0 Å². The zero-order valence-electron chi connectivity index (χ0n) is 14.8. The van der Waals surface area contributed by atoms with Crippen molar-refractivity contribution in [3.63, 3.8) is 0 Å². The van der Waals surface area contributed by atoms with Gasteiger partial charge >= 0.3 is 0 Å². The molecule has 0 bridgehead atoms. The van der Waals surface area contributed by atoms with E-state index >= 15 is 0 Å². The minimum atomic E-state index is -0.875. The van der Waals surface area contributed by atoms with Crippen LogP contribution in [0.2, 0.25) is 0 Å². The van der Waals surface area contributed by atoms with E-state index in [1.165, 1.54) is 6.42 Å². The highest BCUT2D eigenvalue weighted by Crippen LogP contribution is 2.40. The first kappa shape index (κ1) is 17.5. The number of hydrogen-bond acceptors (Lipinski definition) is 2. The Labute approximate surface area is 135 Å². The van der Waals surface area contributed by atoms with Gasteiger partial charge in [0.2, 0.25) is 5.91 Å². The average molecular weight is 307 g/mol. The normalized spacial score (nSPS) is 34.1. The molecule has 1 N–H and O–H groups in total. The number of piperidine rings is 1. The highest BCUT2D eigenvalue weighted by Gasteiger charge is 2.46. The Morgan fingerprint density at radius 1 is 1.18 bits per heavy atom. The Morgan fingerprint density at radius 2 is 1.82 bits per heavy atom. The van der Waals surface area contributed by atoms with E-state index in [9.17, 15) is 9.90 Å². The van der Waals surface area contributed by atoms with E-state index in [2.05, 4.69) is 32.9 Å². The van der Waals surface area contributed by atoms with Crippen molar-refractivity contribution in [2.75, 3.05) is 13.1 Å². The molecule has 0 aromatic carbocycles. The van der Waals surface area contributed by atoms with E-state index in [-0.39, 0.29) is 23.2 Å². The van der Waals surface area contributed by atoms with Gasteiger partial charge in [0.25, 0.3) is 0 Å². The maximum absolute atomic E-state index is 13.0. The molecule has 2 rings (SSSR count). The van der Waals surface area contributed by atoms with Crippen LogP contribution in [-0.4, -0.2) is 34.6 Å². The van der Waals surface area contributed by atoms with Crippen LogP contribution in [0, 0.1) is 17.3 Å². The summed E-state index contributed by atoms with van der Waals surface area (Å²) >= 11 is 0. The van der Waals surface area contributed by atoms with Crippen LogP contribution < -0.4 is 0 Å². The fraction of sp³-hybridized carbons (Fsp3) is 0.842. The van der Waals surface area contributed by atoms with E-state index in [1.807, 2.05) is 11.8 Å². The molecule has 3 heteroatoms. The van der Waals surface area contributed by atoms with Gasteiger partial charge < -0.3 is 10.0 Å². The van der Waals surface area contributed by atoms with Gasteiger partial charge in [-0.3, -0.25) is 4.79 Å². The third kappa shape index (κ3) is 4.34. The molecule has 0 aromatic rings. The molecule has 2 aliphatic rings. The molecule has 3 nitrogen and oxygen atoms in total. The number of likely N-dealkylation sites (tertiary alicyclic amines) is 1. The summed E-state index contributed by atoms with van der Waals surface area (Å²) in [5.74, 6) is 0.0586. The molecule has 1 heterocycles. The predicted octanol–water partition coefficient (Wildman–Crippen LogP) is 3.77. The van der Waals surface area contributed by atoms with E-state index in [4.69, 9.17) is 0 Å². The van der Waals surface area contributed by atoms with Crippen molar-refractivity contribution in [1.82, 2.24) is 4.90 Å². The highest BCUT2D eigenvalue weighted by atomic mass is 16.3. The summed E-state index contributed by atoms with van der Waals surface area (Å²) in [5, 5.41) is 10.9. The summed E-state index contributed by atoms with van der Waals surface area (Å²) in [6.45, 7) is 10.1. The van der Waals surface area contributed by atoms with Crippen LogP contribution in [0.4, 0.5) is 0 Å². The van der Waals surface area contributed by atoms with E-state index < -0.39 is 5.60 Å². The summed E-state index contributed by atoms with van der Waals surface area (Å²) in [6, 6.07) is 0. The molecule has 1 amide bonds. The SMILES string of the molecule is CC(C)(C)/C=C/[C@H]1CCC[C@](C)(O)[C@@H]1C(=O)N1CCCCC1. The molecule has 3 atom stereocenters. The van der Waals surface area contributed by atoms with Crippen LogP contribution in [0.1, 0.15) is 66.2 Å². The standard InChI is InChI=1S/C19H33NO2/c1-18(2,3)12-10-15-9-8-11-19(4,22)16(15)17(21)20-13-6-5-7-14-20/h10,12,15-16,22H,5-9,11,13-14H2,1-4H3/b12-10+/t15-,16+,19+/m1/s1. The molecule has 1 saturated carbocycles. The second-order valence-electron chi connectivity index (χ2n) is 8.50. The fourth-order valence-corrected chi connectivity index (χ4v) is 3.86. The van der Waals surface area contributed by atoms with E-state index in [0.29, 0.717) is 0 Å². The van der Waals surface area contributed by atoms with E-state index in [1.54, 1.807) is 0 Å². The van der Waals surface area contributed by atoms with Crippen LogP contribution >= 0.6 is 0 Å². The molecule has 0 spiro atoms. The smallest absolute Gasteiger partial charge is 0.229 e. The monoisotopic (exact) mass is 307 g/mol. The molecule has 126 valence electrons. The van der Waals surface area contributed by atoms with Gasteiger partial charge in [0.1, 0.15) is 0 Å². The maximum Gasteiger partial charge on any atom is 0.229 e. The molecule has 1 aliphatic carbocycles. The first-order valence-electron chi connectivity index (χ1n) is 8.91. The predicted molar refractivity (Wildman–Crippen MR) is 90.5 cm³/mol. The summed E-state index contributed by atoms with van der Waals surface area (Å²) < 4.78 is 0. The number of nitrogens with zero attached hydrogens (tertiary/aromatic N) is 1. The average Bonchev–Trinajstić information content (AvgIpc) is 2.44. The topological polar surface area (TPSA) is 40.5 Å². The molecular weight excluding hydrogens is 274 g/mol. The van der Waals surface area contributed by atoms with Gasteiger partial charge in [0.05, 0.1) is 11.5 Å². The number of carbonyl (C=O) groups excluding carboxylic acids is 1. The number of aliphatic hydroxyl groups is 1. The van der Waals surface area contributed by atoms with Crippen LogP contribution in [0.5, 0.6) is 0 Å². The number of allylic oxidation sites excluding steroid dienone is 2. The fourth-order valence-electron chi connectivity index (χ4n) is 3.86. The van der Waals surface area contributed by atoms with Gasteiger partial charge in [-0.05, 0) is 56.8 Å². The lowest BCUT2D eigenvalue weighted by Crippen LogP contribution is -2.52. The highest BCUT2D eigenvalue weighted by molar-refractivity contribution is 5.81. The van der Waals surface area contributed by atoms with Crippen LogP contribution in [0.25, 0.3) is 0 Å². The Kier molecular flexibility index (Phi) is 5.37. The molecular formula is C19H33NO2. The maximum atomic E-state index is 13.0. The Hall–Kier alpha value is -0.830. The lowest BCUT2D eigenvalue weighted by Gasteiger charge is -2.43. The minimum Gasteiger partial charge on any atom is -0.389 e. The first-order chi connectivity index (χ1) is 10.2. The summed E-state index contributed by atoms with van der Waals surface area (Å²) in [6.07, 6.45) is 10.6. The number of amides is 1. The van der Waals surface area contributed by atoms with Gasteiger partial charge in [-0.15, -0.1) is 0 Å². The molecule has 2 fully saturated rings. The largest absolute Gasteiger partial charge is 0.389 e. The Bertz CT molecular complexity index is 414. The zero-order valence-corrected chi connectivity index (χ0v) is 14.8. The second-order valence-corrected chi connectivity index (χ2v) is 8.50. The first-order valence-corrected chi connectivity index (χ1v) is 8.91. The van der Waals surface area contributed by atoms with Gasteiger partial charge in [0, 0.05) is 13.1 Å². The number of carbonyl (C=O) groups is 1. The molecule has 1 aliphatic heterocycles. The third-order valence-electron chi connectivity index (χ3n) is 5.10. The van der Waals surface area contributed by atoms with Crippen molar-refractivity contribution in [1.29, 1.82) is 0 Å². The molecule has 0 radical (unpaired) electrons. The third-order valence-corrected chi connectivity index (χ3v) is 5.10. The van der Waals surface area contributed by atoms with Gasteiger partial charge in [-0.2, -0.15) is 0 Å².